The number of nitrogens with one attached hydrogen (secondary N) is 1. The topological polar surface area (TPSA) is 41.5 Å². The van der Waals surface area contributed by atoms with E-state index in [-0.39, 0.29) is 17.5 Å². The summed E-state index contributed by atoms with van der Waals surface area (Å²) in [5.74, 6) is -0.729. The van der Waals surface area contributed by atoms with Crippen molar-refractivity contribution < 1.29 is 13.6 Å². The third kappa shape index (κ3) is 4.29. The molecule has 3 aromatic rings. The van der Waals surface area contributed by atoms with Crippen LogP contribution in [0.25, 0.3) is 11.6 Å². The SMILES string of the molecule is O=C1CCC(c2ccccc2/C(=C/c2ccc(F)cc2)c2ccc(F)cc2)=NN1. The molecule has 1 heterocycles. The summed E-state index contributed by atoms with van der Waals surface area (Å²) >= 11 is 0. The summed E-state index contributed by atoms with van der Waals surface area (Å²) in [5, 5.41) is 4.23. The van der Waals surface area contributed by atoms with Crippen molar-refractivity contribution in [1.29, 1.82) is 0 Å². The molecule has 4 rings (SSSR count). The summed E-state index contributed by atoms with van der Waals surface area (Å²) < 4.78 is 26.9. The smallest absolute Gasteiger partial charge is 0.240 e. The Morgan fingerprint density at radius 2 is 1.52 bits per heavy atom. The highest BCUT2D eigenvalue weighted by atomic mass is 19.1. The number of hydrogen-bond donors (Lipinski definition) is 1. The summed E-state index contributed by atoms with van der Waals surface area (Å²) in [5.41, 5.74) is 7.61. The second-order valence-corrected chi connectivity index (χ2v) is 6.76. The second-order valence-electron chi connectivity index (χ2n) is 6.76. The Hall–Kier alpha value is -3.60. The van der Waals surface area contributed by atoms with E-state index < -0.39 is 0 Å². The fraction of sp³-hybridized carbons (Fsp3) is 0.0833. The molecule has 0 spiro atoms. The van der Waals surface area contributed by atoms with Gasteiger partial charge in [-0.1, -0.05) is 48.5 Å². The molecule has 5 heteroatoms. The molecule has 0 aromatic heterocycles. The van der Waals surface area contributed by atoms with Crippen molar-refractivity contribution in [3.05, 3.63) is 107 Å². The zero-order chi connectivity index (χ0) is 20.2. The molecule has 0 fully saturated rings. The van der Waals surface area contributed by atoms with Crippen LogP contribution in [0.1, 0.15) is 35.1 Å². The molecule has 29 heavy (non-hydrogen) atoms. The number of carbonyl (C=O) groups excluding carboxylic acids is 1. The molecule has 3 aromatic carbocycles. The quantitative estimate of drug-likeness (QED) is 0.616. The van der Waals surface area contributed by atoms with Gasteiger partial charge in [0, 0.05) is 18.4 Å². The van der Waals surface area contributed by atoms with Crippen LogP contribution in [-0.4, -0.2) is 11.6 Å². The van der Waals surface area contributed by atoms with Gasteiger partial charge in [-0.3, -0.25) is 4.79 Å². The first-order chi connectivity index (χ1) is 14.1. The maximum absolute atomic E-state index is 13.5. The molecule has 1 aliphatic rings. The maximum atomic E-state index is 13.5. The van der Waals surface area contributed by atoms with Crippen LogP contribution >= 0.6 is 0 Å². The van der Waals surface area contributed by atoms with Crippen molar-refractivity contribution in [2.75, 3.05) is 0 Å². The van der Waals surface area contributed by atoms with Crippen LogP contribution in [0.15, 0.2) is 77.9 Å². The molecule has 1 N–H and O–H groups in total. The lowest BCUT2D eigenvalue weighted by molar-refractivity contribution is -0.121. The van der Waals surface area contributed by atoms with Crippen LogP contribution in [-0.2, 0) is 4.79 Å². The normalized spacial score (nSPS) is 14.3. The first-order valence-electron chi connectivity index (χ1n) is 9.28. The Bertz CT molecular complexity index is 1100. The van der Waals surface area contributed by atoms with Gasteiger partial charge in [-0.05, 0) is 52.6 Å². The van der Waals surface area contributed by atoms with Crippen molar-refractivity contribution in [2.45, 2.75) is 12.8 Å². The van der Waals surface area contributed by atoms with Crippen LogP contribution in [0.5, 0.6) is 0 Å². The molecule has 1 amide bonds. The van der Waals surface area contributed by atoms with E-state index in [0.717, 1.165) is 33.5 Å². The Labute approximate surface area is 167 Å². The van der Waals surface area contributed by atoms with Crippen molar-refractivity contribution in [3.8, 4) is 0 Å². The van der Waals surface area contributed by atoms with E-state index in [4.69, 9.17) is 0 Å². The van der Waals surface area contributed by atoms with E-state index in [9.17, 15) is 13.6 Å². The highest BCUT2D eigenvalue weighted by Gasteiger charge is 2.18. The zero-order valence-corrected chi connectivity index (χ0v) is 15.5. The van der Waals surface area contributed by atoms with Gasteiger partial charge in [0.05, 0.1) is 5.71 Å². The first kappa shape index (κ1) is 18.7. The van der Waals surface area contributed by atoms with Gasteiger partial charge in [-0.25, -0.2) is 14.2 Å². The molecule has 0 radical (unpaired) electrons. The number of carbonyl (C=O) groups is 1. The molecular weight excluding hydrogens is 370 g/mol. The first-order valence-corrected chi connectivity index (χ1v) is 9.28. The van der Waals surface area contributed by atoms with Crippen molar-refractivity contribution >= 4 is 23.3 Å². The Morgan fingerprint density at radius 3 is 2.17 bits per heavy atom. The third-order valence-electron chi connectivity index (χ3n) is 4.77. The van der Waals surface area contributed by atoms with E-state index in [0.29, 0.717) is 12.8 Å². The minimum Gasteiger partial charge on any atom is -0.273 e. The fourth-order valence-electron chi connectivity index (χ4n) is 3.31. The second kappa shape index (κ2) is 8.19. The van der Waals surface area contributed by atoms with E-state index in [1.807, 2.05) is 30.3 Å². The van der Waals surface area contributed by atoms with E-state index >= 15 is 0 Å². The number of nitrogens with zero attached hydrogens (tertiary/aromatic N) is 1. The Kier molecular flexibility index (Phi) is 5.29. The van der Waals surface area contributed by atoms with Crippen molar-refractivity contribution in [1.82, 2.24) is 5.43 Å². The van der Waals surface area contributed by atoms with Gasteiger partial charge in [-0.15, -0.1) is 0 Å². The van der Waals surface area contributed by atoms with Gasteiger partial charge < -0.3 is 0 Å². The fourth-order valence-corrected chi connectivity index (χ4v) is 3.31. The van der Waals surface area contributed by atoms with Gasteiger partial charge >= 0.3 is 0 Å². The predicted octanol–water partition coefficient (Wildman–Crippen LogP) is 5.17. The van der Waals surface area contributed by atoms with Gasteiger partial charge in [0.25, 0.3) is 0 Å². The molecule has 0 unspecified atom stereocenters. The van der Waals surface area contributed by atoms with Gasteiger partial charge in [0.15, 0.2) is 0 Å². The monoisotopic (exact) mass is 388 g/mol. The number of rotatable bonds is 4. The van der Waals surface area contributed by atoms with Crippen molar-refractivity contribution in [3.63, 3.8) is 0 Å². The van der Waals surface area contributed by atoms with Crippen LogP contribution in [0.4, 0.5) is 8.78 Å². The highest BCUT2D eigenvalue weighted by Crippen LogP contribution is 2.30. The lowest BCUT2D eigenvalue weighted by atomic mass is 9.89. The highest BCUT2D eigenvalue weighted by molar-refractivity contribution is 6.09. The molecule has 0 saturated heterocycles. The summed E-state index contributed by atoms with van der Waals surface area (Å²) in [4.78, 5) is 11.5. The van der Waals surface area contributed by atoms with E-state index in [1.165, 1.54) is 24.3 Å². The number of amides is 1. The molecule has 144 valence electrons. The van der Waals surface area contributed by atoms with Crippen molar-refractivity contribution in [2.24, 2.45) is 5.10 Å². The molecular formula is C24H18F2N2O. The predicted molar refractivity (Wildman–Crippen MR) is 110 cm³/mol. The summed E-state index contributed by atoms with van der Waals surface area (Å²) in [7, 11) is 0. The Balaban J connectivity index is 1.87. The largest absolute Gasteiger partial charge is 0.273 e. The average molecular weight is 388 g/mol. The molecule has 3 nitrogen and oxygen atoms in total. The Morgan fingerprint density at radius 1 is 0.862 bits per heavy atom. The number of hydrogen-bond acceptors (Lipinski definition) is 2. The van der Waals surface area contributed by atoms with Crippen LogP contribution in [0, 0.1) is 11.6 Å². The third-order valence-corrected chi connectivity index (χ3v) is 4.77. The molecule has 0 atom stereocenters. The number of halogens is 2. The summed E-state index contributed by atoms with van der Waals surface area (Å²) in [6, 6.07) is 20.2. The minimum absolute atomic E-state index is 0.105. The maximum Gasteiger partial charge on any atom is 0.240 e. The van der Waals surface area contributed by atoms with Crippen LogP contribution in [0.2, 0.25) is 0 Å². The molecule has 0 saturated carbocycles. The summed E-state index contributed by atoms with van der Waals surface area (Å²) in [6.07, 6.45) is 2.85. The van der Waals surface area contributed by atoms with Gasteiger partial charge in [0.2, 0.25) is 5.91 Å². The lowest BCUT2D eigenvalue weighted by Crippen LogP contribution is -2.26. The summed E-state index contributed by atoms with van der Waals surface area (Å²) in [6.45, 7) is 0. The number of hydrazone groups is 1. The molecule has 1 aliphatic heterocycles. The van der Waals surface area contributed by atoms with E-state index in [2.05, 4.69) is 10.5 Å². The zero-order valence-electron chi connectivity index (χ0n) is 15.5. The minimum atomic E-state index is -0.317. The van der Waals surface area contributed by atoms with Crippen LogP contribution in [0.3, 0.4) is 0 Å². The van der Waals surface area contributed by atoms with Gasteiger partial charge in [0.1, 0.15) is 11.6 Å². The number of benzene rings is 3. The molecule has 0 bridgehead atoms. The average Bonchev–Trinajstić information content (AvgIpc) is 2.75. The van der Waals surface area contributed by atoms with E-state index in [1.54, 1.807) is 24.3 Å². The molecule has 0 aliphatic carbocycles. The van der Waals surface area contributed by atoms with Gasteiger partial charge in [-0.2, -0.15) is 5.10 Å². The standard InChI is InChI=1S/C24H18F2N2O/c25-18-9-5-16(6-10-18)15-22(17-7-11-19(26)12-8-17)20-3-1-2-4-21(20)23-13-14-24(29)28-27-23/h1-12,15H,13-14H2,(H,28,29)/b22-15+. The lowest BCUT2D eigenvalue weighted by Gasteiger charge is -2.18. The van der Waals surface area contributed by atoms with Crippen LogP contribution < -0.4 is 5.43 Å².